The Morgan fingerprint density at radius 3 is 2.75 bits per heavy atom. The number of benzene rings is 1. The molecule has 3 atom stereocenters. The van der Waals surface area contributed by atoms with Crippen molar-refractivity contribution in [3.8, 4) is 0 Å². The SMILES string of the molecule is CCOC(=O)C1=C(CN2CC[C@]3(F)C(=O)N(COC(=O)C4CCC4)C[C@@H]3C2)NC(c2nccs2)=N[C@H]1c1cccc(F)c1C. The molecule has 0 radical (unpaired) electrons. The quantitative estimate of drug-likeness (QED) is 0.419. The summed E-state index contributed by atoms with van der Waals surface area (Å²) in [5, 5.41) is 5.69. The van der Waals surface area contributed by atoms with Crippen LogP contribution in [0, 0.1) is 24.6 Å². The van der Waals surface area contributed by atoms with Crippen LogP contribution in [-0.4, -0.2) is 83.7 Å². The number of amidine groups is 1. The Morgan fingerprint density at radius 2 is 2.05 bits per heavy atom. The van der Waals surface area contributed by atoms with Gasteiger partial charge in [0.1, 0.15) is 11.9 Å². The van der Waals surface area contributed by atoms with Gasteiger partial charge in [-0.2, -0.15) is 0 Å². The number of thiazole rings is 1. The number of amides is 1. The summed E-state index contributed by atoms with van der Waals surface area (Å²) in [5.41, 5.74) is -0.419. The Bertz CT molecular complexity index is 1510. The van der Waals surface area contributed by atoms with Gasteiger partial charge in [-0.1, -0.05) is 18.6 Å². The fourth-order valence-electron chi connectivity index (χ4n) is 6.31. The fraction of sp³-hybridized carbons (Fsp3) is 0.516. The number of nitrogens with one attached hydrogen (secondary N) is 1. The van der Waals surface area contributed by atoms with Crippen LogP contribution >= 0.6 is 11.3 Å². The van der Waals surface area contributed by atoms with E-state index in [9.17, 15) is 18.8 Å². The number of aliphatic imine (C=N–C) groups is 1. The molecule has 13 heteroatoms. The number of fused-ring (bicyclic) bond motifs is 1. The first-order valence-electron chi connectivity index (χ1n) is 15.0. The Hall–Kier alpha value is -3.71. The number of ether oxygens (including phenoxy) is 2. The Balaban J connectivity index is 1.26. The van der Waals surface area contributed by atoms with E-state index in [1.54, 1.807) is 32.2 Å². The van der Waals surface area contributed by atoms with Gasteiger partial charge in [0, 0.05) is 55.8 Å². The lowest BCUT2D eigenvalue weighted by atomic mass is 9.84. The van der Waals surface area contributed by atoms with Crippen molar-refractivity contribution in [3.05, 3.63) is 63.0 Å². The summed E-state index contributed by atoms with van der Waals surface area (Å²) in [5.74, 6) is -2.33. The van der Waals surface area contributed by atoms with Gasteiger partial charge in [-0.05, 0) is 43.9 Å². The number of piperidine rings is 1. The monoisotopic (exact) mass is 627 g/mol. The van der Waals surface area contributed by atoms with E-state index in [-0.39, 0.29) is 63.4 Å². The molecule has 234 valence electrons. The van der Waals surface area contributed by atoms with Gasteiger partial charge in [-0.3, -0.25) is 19.5 Å². The molecule has 2 saturated heterocycles. The standard InChI is InChI=1S/C31H35F2N5O5S/c1-3-42-29(40)24-23(35-26(27-34-11-13-44-27)36-25(24)21-8-5-9-22(32)18(21)2)16-37-12-10-31(33)20(14-37)15-38(30(31)41)17-43-28(39)19-6-4-7-19/h5,8-9,11,13,19-20,25H,3-4,6-7,10,12,14-17H2,1-2H3,(H,35,36)/t20-,25-,31+/m0/s1. The third-order valence-corrected chi connectivity index (χ3v) is 9.82. The van der Waals surface area contributed by atoms with Gasteiger partial charge in [0.2, 0.25) is 0 Å². The number of aromatic nitrogens is 1. The van der Waals surface area contributed by atoms with Crippen LogP contribution in [0.3, 0.4) is 0 Å². The Morgan fingerprint density at radius 1 is 1.23 bits per heavy atom. The zero-order valence-corrected chi connectivity index (χ0v) is 25.5. The fourth-order valence-corrected chi connectivity index (χ4v) is 6.90. The maximum Gasteiger partial charge on any atom is 0.338 e. The van der Waals surface area contributed by atoms with Crippen molar-refractivity contribution in [1.29, 1.82) is 0 Å². The third-order valence-electron chi connectivity index (χ3n) is 9.04. The molecule has 3 aliphatic heterocycles. The number of esters is 2. The summed E-state index contributed by atoms with van der Waals surface area (Å²) in [4.78, 5) is 51.3. The first kappa shape index (κ1) is 30.3. The summed E-state index contributed by atoms with van der Waals surface area (Å²) < 4.78 is 41.6. The molecular formula is C31H35F2N5O5S. The zero-order chi connectivity index (χ0) is 31.0. The molecule has 1 saturated carbocycles. The van der Waals surface area contributed by atoms with Crippen LogP contribution in [0.25, 0.3) is 0 Å². The van der Waals surface area contributed by atoms with Crippen LogP contribution in [-0.2, 0) is 23.9 Å². The number of alkyl halides is 1. The second kappa shape index (κ2) is 12.4. The van der Waals surface area contributed by atoms with Crippen LogP contribution < -0.4 is 5.32 Å². The van der Waals surface area contributed by atoms with Crippen molar-refractivity contribution in [2.75, 3.05) is 39.5 Å². The summed E-state index contributed by atoms with van der Waals surface area (Å²) in [6.45, 7) is 4.06. The van der Waals surface area contributed by atoms with Crippen LogP contribution in [0.4, 0.5) is 8.78 Å². The molecular weight excluding hydrogens is 592 g/mol. The molecule has 0 bridgehead atoms. The Labute approximate surface area is 258 Å². The van der Waals surface area contributed by atoms with E-state index in [4.69, 9.17) is 14.5 Å². The molecule has 3 fully saturated rings. The third kappa shape index (κ3) is 5.63. The lowest BCUT2D eigenvalue weighted by Gasteiger charge is -2.38. The predicted octanol–water partition coefficient (Wildman–Crippen LogP) is 3.67. The summed E-state index contributed by atoms with van der Waals surface area (Å²) in [6.07, 6.45) is 4.16. The van der Waals surface area contributed by atoms with Gasteiger partial charge in [0.15, 0.2) is 23.2 Å². The van der Waals surface area contributed by atoms with Crippen LogP contribution in [0.15, 0.2) is 46.0 Å². The minimum absolute atomic E-state index is 0.0363. The van der Waals surface area contributed by atoms with Crippen molar-refractivity contribution in [2.24, 2.45) is 16.8 Å². The highest BCUT2D eigenvalue weighted by molar-refractivity contribution is 7.11. The van der Waals surface area contributed by atoms with E-state index >= 15 is 4.39 Å². The number of hydrogen-bond acceptors (Lipinski definition) is 10. The molecule has 4 aliphatic rings. The number of carbonyl (C=O) groups is 3. The molecule has 6 rings (SSSR count). The molecule has 4 heterocycles. The van der Waals surface area contributed by atoms with Gasteiger partial charge < -0.3 is 19.7 Å². The summed E-state index contributed by atoms with van der Waals surface area (Å²) in [7, 11) is 0. The largest absolute Gasteiger partial charge is 0.463 e. The minimum Gasteiger partial charge on any atom is -0.463 e. The number of hydrogen-bond donors (Lipinski definition) is 1. The number of halogens is 2. The van der Waals surface area contributed by atoms with Crippen molar-refractivity contribution in [2.45, 2.75) is 51.2 Å². The van der Waals surface area contributed by atoms with Crippen molar-refractivity contribution < 1.29 is 32.6 Å². The Kier molecular flexibility index (Phi) is 8.51. The molecule has 1 amide bonds. The highest BCUT2D eigenvalue weighted by Gasteiger charge is 2.57. The van der Waals surface area contributed by atoms with Crippen molar-refractivity contribution in [3.63, 3.8) is 0 Å². The molecule has 1 aromatic heterocycles. The molecule has 1 N–H and O–H groups in total. The maximum absolute atomic E-state index is 16.1. The average molecular weight is 628 g/mol. The lowest BCUT2D eigenvalue weighted by molar-refractivity contribution is -0.160. The number of nitrogens with zero attached hydrogens (tertiary/aromatic N) is 4. The first-order valence-corrected chi connectivity index (χ1v) is 15.8. The van der Waals surface area contributed by atoms with Crippen molar-refractivity contribution in [1.82, 2.24) is 20.1 Å². The summed E-state index contributed by atoms with van der Waals surface area (Å²) >= 11 is 1.37. The highest BCUT2D eigenvalue weighted by atomic mass is 32.1. The normalized spacial score (nSPS) is 25.7. The lowest BCUT2D eigenvalue weighted by Crippen LogP contribution is -2.52. The van der Waals surface area contributed by atoms with E-state index in [0.29, 0.717) is 27.7 Å². The average Bonchev–Trinajstić information content (AvgIpc) is 3.59. The molecule has 0 spiro atoms. The smallest absolute Gasteiger partial charge is 0.338 e. The van der Waals surface area contributed by atoms with Gasteiger partial charge in [0.25, 0.3) is 5.91 Å². The maximum atomic E-state index is 16.1. The van der Waals surface area contributed by atoms with E-state index < -0.39 is 35.3 Å². The van der Waals surface area contributed by atoms with Crippen LogP contribution in [0.5, 0.6) is 0 Å². The van der Waals surface area contributed by atoms with E-state index in [1.807, 2.05) is 10.3 Å². The first-order chi connectivity index (χ1) is 21.2. The van der Waals surface area contributed by atoms with Gasteiger partial charge >= 0.3 is 11.9 Å². The second-order valence-electron chi connectivity index (χ2n) is 11.7. The van der Waals surface area contributed by atoms with Gasteiger partial charge in [-0.15, -0.1) is 11.3 Å². The van der Waals surface area contributed by atoms with E-state index in [0.717, 1.165) is 19.3 Å². The van der Waals surface area contributed by atoms with Crippen LogP contribution in [0.1, 0.15) is 54.8 Å². The number of likely N-dealkylation sites (tertiary alicyclic amines) is 2. The number of rotatable bonds is 9. The van der Waals surface area contributed by atoms with Crippen LogP contribution in [0.2, 0.25) is 0 Å². The highest BCUT2D eigenvalue weighted by Crippen LogP contribution is 2.41. The minimum atomic E-state index is -2.05. The van der Waals surface area contributed by atoms with Crippen molar-refractivity contribution >= 4 is 35.0 Å². The predicted molar refractivity (Wildman–Crippen MR) is 158 cm³/mol. The number of carbonyl (C=O) groups excluding carboxylic acids is 3. The van der Waals surface area contributed by atoms with E-state index in [1.165, 1.54) is 22.3 Å². The molecule has 1 aliphatic carbocycles. The molecule has 2 aromatic rings. The van der Waals surface area contributed by atoms with Gasteiger partial charge in [0.05, 0.1) is 18.1 Å². The van der Waals surface area contributed by atoms with E-state index in [2.05, 4.69) is 10.3 Å². The zero-order valence-electron chi connectivity index (χ0n) is 24.7. The second-order valence-corrected chi connectivity index (χ2v) is 12.6. The summed E-state index contributed by atoms with van der Waals surface area (Å²) in [6, 6.07) is 3.82. The van der Waals surface area contributed by atoms with Gasteiger partial charge in [-0.25, -0.2) is 18.6 Å². The molecule has 1 aromatic carbocycles. The topological polar surface area (TPSA) is 113 Å². The molecule has 10 nitrogen and oxygen atoms in total. The molecule has 0 unspecified atom stereocenters. The molecule has 44 heavy (non-hydrogen) atoms.